The minimum absolute atomic E-state index is 0.545. The lowest BCUT2D eigenvalue weighted by molar-refractivity contribution is 0.295. The van der Waals surface area contributed by atoms with Gasteiger partial charge in [0.1, 0.15) is 0 Å². The fraction of sp³-hybridized carbons (Fsp3) is 0.647. The summed E-state index contributed by atoms with van der Waals surface area (Å²) in [6.45, 7) is 6.84. The smallest absolute Gasteiger partial charge is 0.165 e. The number of fused-ring (bicyclic) bond motifs is 1. The quantitative estimate of drug-likeness (QED) is 0.767. The Balaban J connectivity index is 1.89. The minimum Gasteiger partial charge on any atom is -0.490 e. The number of hydrogen-bond acceptors (Lipinski definition) is 3. The average molecular weight is 277 g/mol. The van der Waals surface area contributed by atoms with E-state index in [4.69, 9.17) is 9.47 Å². The highest BCUT2D eigenvalue weighted by Crippen LogP contribution is 2.33. The van der Waals surface area contributed by atoms with Gasteiger partial charge in [-0.05, 0) is 19.4 Å². The first kappa shape index (κ1) is 15.2. The molecule has 112 valence electrons. The topological polar surface area (TPSA) is 30.5 Å². The summed E-state index contributed by atoms with van der Waals surface area (Å²) in [5.41, 5.74) is 1.20. The fourth-order valence-electron chi connectivity index (χ4n) is 2.48. The second-order valence-corrected chi connectivity index (χ2v) is 5.57. The molecule has 0 spiro atoms. The van der Waals surface area contributed by atoms with Gasteiger partial charge in [0.15, 0.2) is 11.5 Å². The lowest BCUT2D eigenvalue weighted by atomic mass is 10.1. The Bertz CT molecular complexity index is 406. The lowest BCUT2D eigenvalue weighted by Gasteiger charge is -2.16. The average Bonchev–Trinajstić information content (AvgIpc) is 2.71. The van der Waals surface area contributed by atoms with Gasteiger partial charge in [-0.3, -0.25) is 0 Å². The molecule has 2 rings (SSSR count). The van der Waals surface area contributed by atoms with Crippen LogP contribution in [0.15, 0.2) is 18.2 Å². The van der Waals surface area contributed by atoms with Crippen LogP contribution in [0, 0.1) is 0 Å². The van der Waals surface area contributed by atoms with Crippen molar-refractivity contribution < 1.29 is 9.47 Å². The molecule has 0 bridgehead atoms. The number of benzene rings is 1. The highest BCUT2D eigenvalue weighted by molar-refractivity contribution is 5.47. The molecule has 1 unspecified atom stereocenters. The van der Waals surface area contributed by atoms with E-state index in [2.05, 4.69) is 25.2 Å². The van der Waals surface area contributed by atoms with Crippen LogP contribution in [0.3, 0.4) is 0 Å². The van der Waals surface area contributed by atoms with Crippen molar-refractivity contribution >= 4 is 0 Å². The van der Waals surface area contributed by atoms with Crippen LogP contribution in [0.5, 0.6) is 11.5 Å². The van der Waals surface area contributed by atoms with Gasteiger partial charge in [0.05, 0.1) is 13.2 Å². The molecule has 1 atom stereocenters. The first-order valence-corrected chi connectivity index (χ1v) is 7.92. The van der Waals surface area contributed by atoms with Crippen molar-refractivity contribution in [3.63, 3.8) is 0 Å². The maximum absolute atomic E-state index is 5.85. The minimum atomic E-state index is 0.545. The van der Waals surface area contributed by atoms with Crippen molar-refractivity contribution in [2.45, 2.75) is 58.5 Å². The molecule has 1 aliphatic heterocycles. The van der Waals surface area contributed by atoms with Crippen LogP contribution in [0.4, 0.5) is 0 Å². The van der Waals surface area contributed by atoms with Gasteiger partial charge in [0.2, 0.25) is 0 Å². The van der Waals surface area contributed by atoms with Crippen molar-refractivity contribution in [3.05, 3.63) is 23.8 Å². The molecule has 3 heteroatoms. The van der Waals surface area contributed by atoms with Gasteiger partial charge in [0.25, 0.3) is 0 Å². The summed E-state index contributed by atoms with van der Waals surface area (Å²) in [5.74, 6) is 1.82. The fourth-order valence-corrected chi connectivity index (χ4v) is 2.48. The standard InChI is InChI=1S/C17H27NO2/c1-3-4-5-8-14(2)18-13-15-9-6-10-16-17(15)20-12-7-11-19-16/h6,9-10,14,18H,3-5,7-8,11-13H2,1-2H3. The number of unbranched alkanes of at least 4 members (excludes halogenated alkanes) is 2. The normalized spacial score (nSPS) is 15.7. The monoisotopic (exact) mass is 277 g/mol. The van der Waals surface area contributed by atoms with Gasteiger partial charge in [-0.1, -0.05) is 38.3 Å². The Morgan fingerprint density at radius 1 is 1.20 bits per heavy atom. The molecule has 0 aromatic heterocycles. The molecule has 1 aromatic rings. The van der Waals surface area contributed by atoms with Gasteiger partial charge in [-0.25, -0.2) is 0 Å². The molecule has 0 saturated heterocycles. The molecule has 0 amide bonds. The van der Waals surface area contributed by atoms with Crippen molar-refractivity contribution in [1.29, 1.82) is 0 Å². The predicted molar refractivity (Wildman–Crippen MR) is 82.5 cm³/mol. The van der Waals surface area contributed by atoms with Crippen molar-refractivity contribution in [2.24, 2.45) is 0 Å². The van der Waals surface area contributed by atoms with E-state index in [0.717, 1.165) is 37.7 Å². The van der Waals surface area contributed by atoms with Crippen molar-refractivity contribution in [1.82, 2.24) is 5.32 Å². The van der Waals surface area contributed by atoms with Crippen molar-refractivity contribution in [3.8, 4) is 11.5 Å². The first-order valence-electron chi connectivity index (χ1n) is 7.92. The predicted octanol–water partition coefficient (Wildman–Crippen LogP) is 3.91. The zero-order valence-electron chi connectivity index (χ0n) is 12.8. The third-order valence-corrected chi connectivity index (χ3v) is 3.73. The van der Waals surface area contributed by atoms with Crippen LogP contribution in [0.25, 0.3) is 0 Å². The Kier molecular flexibility index (Phi) is 6.19. The van der Waals surface area contributed by atoms with Crippen LogP contribution < -0.4 is 14.8 Å². The number of rotatable bonds is 7. The van der Waals surface area contributed by atoms with E-state index in [1.807, 2.05) is 12.1 Å². The van der Waals surface area contributed by atoms with E-state index in [0.29, 0.717) is 6.04 Å². The van der Waals surface area contributed by atoms with Crippen LogP contribution in [-0.4, -0.2) is 19.3 Å². The molecule has 0 fully saturated rings. The summed E-state index contributed by atoms with van der Waals surface area (Å²) in [5, 5.41) is 3.59. The highest BCUT2D eigenvalue weighted by Gasteiger charge is 2.14. The van der Waals surface area contributed by atoms with Gasteiger partial charge < -0.3 is 14.8 Å². The Hall–Kier alpha value is -1.22. The van der Waals surface area contributed by atoms with E-state index < -0.39 is 0 Å². The second-order valence-electron chi connectivity index (χ2n) is 5.57. The zero-order chi connectivity index (χ0) is 14.2. The molecule has 1 N–H and O–H groups in total. The Morgan fingerprint density at radius 2 is 2.05 bits per heavy atom. The molecule has 0 radical (unpaired) electrons. The number of hydrogen-bond donors (Lipinski definition) is 1. The van der Waals surface area contributed by atoms with Crippen LogP contribution in [0.1, 0.15) is 51.5 Å². The molecule has 0 saturated carbocycles. The van der Waals surface area contributed by atoms with Gasteiger partial charge in [0, 0.05) is 24.6 Å². The summed E-state index contributed by atoms with van der Waals surface area (Å²) in [6, 6.07) is 6.71. The summed E-state index contributed by atoms with van der Waals surface area (Å²) in [4.78, 5) is 0. The number of para-hydroxylation sites is 1. The second kappa shape index (κ2) is 8.15. The van der Waals surface area contributed by atoms with Crippen LogP contribution >= 0.6 is 0 Å². The first-order chi connectivity index (χ1) is 9.81. The van der Waals surface area contributed by atoms with Crippen molar-refractivity contribution in [2.75, 3.05) is 13.2 Å². The summed E-state index contributed by atoms with van der Waals surface area (Å²) < 4.78 is 11.6. The third-order valence-electron chi connectivity index (χ3n) is 3.73. The highest BCUT2D eigenvalue weighted by atomic mass is 16.5. The van der Waals surface area contributed by atoms with Gasteiger partial charge >= 0.3 is 0 Å². The van der Waals surface area contributed by atoms with E-state index in [-0.39, 0.29) is 0 Å². The number of nitrogens with one attached hydrogen (secondary N) is 1. The molecule has 3 nitrogen and oxygen atoms in total. The van der Waals surface area contributed by atoms with Gasteiger partial charge in [-0.2, -0.15) is 0 Å². The molecule has 1 heterocycles. The maximum atomic E-state index is 5.85. The lowest BCUT2D eigenvalue weighted by Crippen LogP contribution is -2.25. The zero-order valence-corrected chi connectivity index (χ0v) is 12.8. The maximum Gasteiger partial charge on any atom is 0.165 e. The molecule has 1 aliphatic rings. The van der Waals surface area contributed by atoms with E-state index in [9.17, 15) is 0 Å². The van der Waals surface area contributed by atoms with E-state index in [1.54, 1.807) is 0 Å². The van der Waals surface area contributed by atoms with E-state index >= 15 is 0 Å². The molecule has 0 aliphatic carbocycles. The van der Waals surface area contributed by atoms with Crippen LogP contribution in [0.2, 0.25) is 0 Å². The molecular weight excluding hydrogens is 250 g/mol. The molecular formula is C17H27NO2. The summed E-state index contributed by atoms with van der Waals surface area (Å²) in [7, 11) is 0. The largest absolute Gasteiger partial charge is 0.490 e. The summed E-state index contributed by atoms with van der Waals surface area (Å²) >= 11 is 0. The van der Waals surface area contributed by atoms with Crippen LogP contribution in [-0.2, 0) is 6.54 Å². The SMILES string of the molecule is CCCCCC(C)NCc1cccc2c1OCCCO2. The number of ether oxygens (including phenoxy) is 2. The Labute approximate surface area is 122 Å². The molecule has 1 aromatic carbocycles. The molecule has 20 heavy (non-hydrogen) atoms. The Morgan fingerprint density at radius 3 is 2.90 bits per heavy atom. The van der Waals surface area contributed by atoms with E-state index in [1.165, 1.54) is 31.2 Å². The van der Waals surface area contributed by atoms with Gasteiger partial charge in [-0.15, -0.1) is 0 Å². The summed E-state index contributed by atoms with van der Waals surface area (Å²) in [6.07, 6.45) is 6.10. The third kappa shape index (κ3) is 4.41.